The van der Waals surface area contributed by atoms with E-state index in [9.17, 15) is 19.2 Å². The fourth-order valence-corrected chi connectivity index (χ4v) is 7.73. The predicted octanol–water partition coefficient (Wildman–Crippen LogP) is 4.10. The van der Waals surface area contributed by atoms with Gasteiger partial charge in [0.05, 0.1) is 36.6 Å². The molecular weight excluding hydrogens is 540 g/mol. The molecule has 2 aromatic heterocycles. The first-order valence-corrected chi connectivity index (χ1v) is 17.3. The number of hydrogen-bond donors (Lipinski definition) is 1. The molecule has 2 atom stereocenters. The molecule has 5 rings (SSSR count). The van der Waals surface area contributed by atoms with Gasteiger partial charge in [-0.25, -0.2) is 14.6 Å². The molecule has 0 fully saturated rings. The van der Waals surface area contributed by atoms with Gasteiger partial charge in [0, 0.05) is 43.7 Å². The van der Waals surface area contributed by atoms with E-state index in [0.717, 1.165) is 22.5 Å². The van der Waals surface area contributed by atoms with Crippen molar-refractivity contribution in [2.75, 3.05) is 20.3 Å². The van der Waals surface area contributed by atoms with E-state index in [-0.39, 0.29) is 30.7 Å². The Labute approximate surface area is 239 Å². The molecule has 2 aliphatic rings. The number of esters is 2. The molecule has 11 heteroatoms. The quantitative estimate of drug-likeness (QED) is 0.332. The summed E-state index contributed by atoms with van der Waals surface area (Å²) in [7, 11) is 1.53. The van der Waals surface area contributed by atoms with Crippen LogP contribution in [0.25, 0.3) is 22.3 Å². The normalized spacial score (nSPS) is 19.2. The lowest BCUT2D eigenvalue weighted by molar-refractivity contribution is -0.188. The molecule has 0 bridgehead atoms. The van der Waals surface area contributed by atoms with Crippen LogP contribution in [0.1, 0.15) is 49.4 Å². The Morgan fingerprint density at radius 2 is 1.95 bits per heavy atom. The van der Waals surface area contributed by atoms with E-state index in [1.54, 1.807) is 31.7 Å². The highest BCUT2D eigenvalue weighted by Crippen LogP contribution is 2.45. The SMILES string of the molecule is CC[C@@]1(OC(C)=O)C(=O)OCc2c1cc1n(c2=O)C(CC[Si](C)(C)CNC(=O)N(C)C)c2cc3ccccc3nc2-1. The zero-order valence-electron chi connectivity index (χ0n) is 24.4. The van der Waals surface area contributed by atoms with Crippen molar-refractivity contribution in [1.82, 2.24) is 19.8 Å². The summed E-state index contributed by atoms with van der Waals surface area (Å²) >= 11 is 0. The van der Waals surface area contributed by atoms with E-state index in [4.69, 9.17) is 14.5 Å². The average Bonchev–Trinajstić information content (AvgIpc) is 3.23. The molecule has 1 aromatic carbocycles. The Balaban J connectivity index is 1.64. The molecule has 0 spiro atoms. The van der Waals surface area contributed by atoms with Crippen molar-refractivity contribution in [2.45, 2.75) is 64.1 Å². The largest absolute Gasteiger partial charge is 0.457 e. The number of amides is 2. The number of ether oxygens (including phenoxy) is 2. The van der Waals surface area contributed by atoms with Gasteiger partial charge in [0.1, 0.15) is 6.61 Å². The van der Waals surface area contributed by atoms with E-state index in [1.165, 1.54) is 11.8 Å². The molecule has 4 heterocycles. The second kappa shape index (κ2) is 10.4. The summed E-state index contributed by atoms with van der Waals surface area (Å²) in [5.74, 6) is -1.31. The number of hydrogen-bond acceptors (Lipinski definition) is 7. The molecule has 1 unspecified atom stereocenters. The number of carbonyl (C=O) groups excluding carboxylic acids is 3. The van der Waals surface area contributed by atoms with Gasteiger partial charge < -0.3 is 19.7 Å². The van der Waals surface area contributed by atoms with Gasteiger partial charge in [-0.15, -0.1) is 0 Å². The summed E-state index contributed by atoms with van der Waals surface area (Å²) in [6.07, 6.45) is 1.42. The van der Waals surface area contributed by atoms with Gasteiger partial charge in [-0.2, -0.15) is 0 Å². The Kier molecular flexibility index (Phi) is 7.27. The van der Waals surface area contributed by atoms with Crippen molar-refractivity contribution in [1.29, 1.82) is 0 Å². The molecule has 41 heavy (non-hydrogen) atoms. The molecule has 2 aliphatic heterocycles. The number of nitrogens with one attached hydrogen (secondary N) is 1. The zero-order valence-corrected chi connectivity index (χ0v) is 25.4. The lowest BCUT2D eigenvalue weighted by Gasteiger charge is -2.35. The summed E-state index contributed by atoms with van der Waals surface area (Å²) in [5, 5.41) is 4.00. The van der Waals surface area contributed by atoms with Gasteiger partial charge in [0.15, 0.2) is 0 Å². The molecule has 0 aliphatic carbocycles. The van der Waals surface area contributed by atoms with Gasteiger partial charge in [-0.1, -0.05) is 44.3 Å². The molecule has 0 saturated heterocycles. The molecule has 10 nitrogen and oxygen atoms in total. The van der Waals surface area contributed by atoms with E-state index in [0.29, 0.717) is 35.1 Å². The maximum Gasteiger partial charge on any atom is 0.355 e. The van der Waals surface area contributed by atoms with E-state index in [1.807, 2.05) is 24.3 Å². The third kappa shape index (κ3) is 4.92. The van der Waals surface area contributed by atoms with Gasteiger partial charge in [0.25, 0.3) is 5.56 Å². The Morgan fingerprint density at radius 1 is 1.22 bits per heavy atom. The summed E-state index contributed by atoms with van der Waals surface area (Å²) in [5.41, 5.74) is 1.72. The molecule has 2 amide bonds. The van der Waals surface area contributed by atoms with E-state index < -0.39 is 25.6 Å². The first-order valence-electron chi connectivity index (χ1n) is 13.9. The first-order chi connectivity index (χ1) is 19.4. The number of benzene rings is 1. The van der Waals surface area contributed by atoms with Gasteiger partial charge in [0.2, 0.25) is 5.60 Å². The predicted molar refractivity (Wildman–Crippen MR) is 157 cm³/mol. The number of nitrogens with zero attached hydrogens (tertiary/aromatic N) is 3. The third-order valence-electron chi connectivity index (χ3n) is 8.16. The highest BCUT2D eigenvalue weighted by atomic mass is 28.3. The fourth-order valence-electron chi connectivity index (χ4n) is 5.87. The highest BCUT2D eigenvalue weighted by Gasteiger charge is 2.50. The van der Waals surface area contributed by atoms with Gasteiger partial charge in [-0.05, 0) is 31.0 Å². The van der Waals surface area contributed by atoms with Crippen molar-refractivity contribution in [3.05, 3.63) is 63.4 Å². The number of urea groups is 1. The van der Waals surface area contributed by atoms with Crippen LogP contribution in [-0.2, 0) is 31.3 Å². The number of rotatable bonds is 7. The monoisotopic (exact) mass is 576 g/mol. The van der Waals surface area contributed by atoms with Crippen LogP contribution in [0.3, 0.4) is 0 Å². The van der Waals surface area contributed by atoms with Crippen LogP contribution in [0.15, 0.2) is 41.2 Å². The second-order valence-corrected chi connectivity index (χ2v) is 17.0. The van der Waals surface area contributed by atoms with Crippen LogP contribution in [-0.4, -0.2) is 60.8 Å². The summed E-state index contributed by atoms with van der Waals surface area (Å²) in [6, 6.07) is 12.1. The first kappa shape index (κ1) is 28.5. The van der Waals surface area contributed by atoms with E-state index >= 15 is 0 Å². The number of aromatic nitrogens is 2. The standard InChI is InChI=1S/C30H36N4O6Si/c1-7-30(40-18(2)35)22-15-25-26-20(14-19-10-8-9-11-23(19)32-26)24(34(25)27(36)21(22)16-39-28(30)37)12-13-41(5,6)17-31-29(38)33(3)4/h8-11,14-15,24H,7,12-13,16-17H2,1-6H3,(H,31,38)/t24?,30-/m0/s1. The minimum Gasteiger partial charge on any atom is -0.457 e. The van der Waals surface area contributed by atoms with Crippen LogP contribution in [0.4, 0.5) is 4.79 Å². The Morgan fingerprint density at radius 3 is 2.63 bits per heavy atom. The maximum atomic E-state index is 14.2. The minimum absolute atomic E-state index is 0.123. The van der Waals surface area contributed by atoms with Crippen LogP contribution < -0.4 is 10.9 Å². The molecule has 0 radical (unpaired) electrons. The molecule has 0 saturated carbocycles. The van der Waals surface area contributed by atoms with Crippen molar-refractivity contribution in [2.24, 2.45) is 0 Å². The molecule has 216 valence electrons. The average molecular weight is 577 g/mol. The fraction of sp³-hybridized carbons (Fsp3) is 0.433. The van der Waals surface area contributed by atoms with Crippen LogP contribution in [0, 0.1) is 0 Å². The van der Waals surface area contributed by atoms with Crippen LogP contribution >= 0.6 is 0 Å². The lowest BCUT2D eigenvalue weighted by Crippen LogP contribution is -2.47. The highest BCUT2D eigenvalue weighted by molar-refractivity contribution is 6.77. The lowest BCUT2D eigenvalue weighted by atomic mass is 9.85. The number of carbonyl (C=O) groups is 3. The number of fused-ring (bicyclic) bond motifs is 5. The van der Waals surface area contributed by atoms with Crippen LogP contribution in [0.2, 0.25) is 19.1 Å². The smallest absolute Gasteiger partial charge is 0.355 e. The summed E-state index contributed by atoms with van der Waals surface area (Å²) < 4.78 is 12.8. The van der Waals surface area contributed by atoms with Crippen molar-refractivity contribution >= 4 is 36.9 Å². The minimum atomic E-state index is -1.90. The number of cyclic esters (lactones) is 1. The Hall–Kier alpha value is -3.99. The van der Waals surface area contributed by atoms with Gasteiger partial charge >= 0.3 is 18.0 Å². The summed E-state index contributed by atoms with van der Waals surface area (Å²) in [4.78, 5) is 58.1. The molecule has 1 N–H and O–H groups in total. The van der Waals surface area contributed by atoms with Crippen molar-refractivity contribution in [3.8, 4) is 11.4 Å². The molecular formula is C30H36N4O6Si. The topological polar surface area (TPSA) is 120 Å². The summed E-state index contributed by atoms with van der Waals surface area (Å²) in [6.45, 7) is 7.23. The number of pyridine rings is 2. The van der Waals surface area contributed by atoms with Crippen molar-refractivity contribution in [3.63, 3.8) is 0 Å². The van der Waals surface area contributed by atoms with E-state index in [2.05, 4.69) is 24.5 Å². The van der Waals surface area contributed by atoms with Crippen molar-refractivity contribution < 1.29 is 23.9 Å². The molecule has 3 aromatic rings. The van der Waals surface area contributed by atoms with Gasteiger partial charge in [-0.3, -0.25) is 14.2 Å². The number of para-hydroxylation sites is 1. The zero-order chi connectivity index (χ0) is 29.7. The van der Waals surface area contributed by atoms with Crippen LogP contribution in [0.5, 0.6) is 0 Å². The second-order valence-electron chi connectivity index (χ2n) is 11.8. The Bertz CT molecular complexity index is 1630. The third-order valence-corrected chi connectivity index (χ3v) is 10.9. The maximum absolute atomic E-state index is 14.2.